The first-order valence-corrected chi connectivity index (χ1v) is 8.02. The fourth-order valence-corrected chi connectivity index (χ4v) is 2.84. The zero-order valence-corrected chi connectivity index (χ0v) is 13.6. The lowest BCUT2D eigenvalue weighted by molar-refractivity contribution is -0.140. The minimum Gasteiger partial charge on any atom is -0.481 e. The van der Waals surface area contributed by atoms with Crippen molar-refractivity contribution >= 4 is 11.9 Å². The van der Waals surface area contributed by atoms with Crippen LogP contribution in [0.4, 0.5) is 0 Å². The van der Waals surface area contributed by atoms with E-state index in [4.69, 9.17) is 18.8 Å². The quantitative estimate of drug-likeness (QED) is 0.768. The molecule has 3 heterocycles. The summed E-state index contributed by atoms with van der Waals surface area (Å²) in [4.78, 5) is 27.6. The number of rotatable bonds is 7. The summed E-state index contributed by atoms with van der Waals surface area (Å²) in [6.07, 6.45) is 4.27. The highest BCUT2D eigenvalue weighted by atomic mass is 16.5. The molecule has 134 valence electrons. The molecule has 1 saturated heterocycles. The summed E-state index contributed by atoms with van der Waals surface area (Å²) < 4.78 is 15.4. The Bertz CT molecular complexity index is 718. The van der Waals surface area contributed by atoms with Crippen LogP contribution in [0.1, 0.15) is 31.6 Å². The standard InChI is InChI=1S/C16H19N3O6/c20-12(18-16(9-14(21)22)4-7-23-8-5-16)1-2-13-17-15(19-25-13)11-3-6-24-10-11/h3,6,10H,1-2,4-5,7-9H2,(H,18,20)(H,21,22). The van der Waals surface area contributed by atoms with Crippen LogP contribution in [0.15, 0.2) is 27.5 Å². The molecule has 1 aliphatic rings. The van der Waals surface area contributed by atoms with Crippen LogP contribution in [0.3, 0.4) is 0 Å². The molecular formula is C16H19N3O6. The smallest absolute Gasteiger partial charge is 0.305 e. The van der Waals surface area contributed by atoms with E-state index in [1.165, 1.54) is 12.5 Å². The van der Waals surface area contributed by atoms with E-state index in [1.807, 2.05) is 0 Å². The zero-order valence-electron chi connectivity index (χ0n) is 13.6. The van der Waals surface area contributed by atoms with Crippen molar-refractivity contribution in [1.82, 2.24) is 15.5 Å². The normalized spacial score (nSPS) is 16.5. The summed E-state index contributed by atoms with van der Waals surface area (Å²) in [5.74, 6) is -0.448. The van der Waals surface area contributed by atoms with Gasteiger partial charge in [-0.3, -0.25) is 9.59 Å². The van der Waals surface area contributed by atoms with E-state index < -0.39 is 11.5 Å². The number of carbonyl (C=O) groups excluding carboxylic acids is 1. The highest BCUT2D eigenvalue weighted by Gasteiger charge is 2.36. The molecule has 0 atom stereocenters. The van der Waals surface area contributed by atoms with Crippen LogP contribution in [-0.2, 0) is 20.7 Å². The molecule has 0 unspecified atom stereocenters. The van der Waals surface area contributed by atoms with Gasteiger partial charge in [-0.1, -0.05) is 5.16 Å². The van der Waals surface area contributed by atoms with E-state index in [9.17, 15) is 9.59 Å². The Kier molecular flexibility index (Phi) is 5.13. The van der Waals surface area contributed by atoms with Crippen LogP contribution in [0.2, 0.25) is 0 Å². The number of aliphatic carboxylic acids is 1. The number of aromatic nitrogens is 2. The maximum atomic E-state index is 12.3. The zero-order chi connectivity index (χ0) is 17.7. The SMILES string of the molecule is O=C(O)CC1(NC(=O)CCc2nc(-c3ccoc3)no2)CCOCC1. The van der Waals surface area contributed by atoms with E-state index in [1.54, 1.807) is 6.07 Å². The molecule has 1 amide bonds. The van der Waals surface area contributed by atoms with Crippen LogP contribution in [-0.4, -0.2) is 45.9 Å². The molecule has 1 fully saturated rings. The predicted molar refractivity (Wildman–Crippen MR) is 83.5 cm³/mol. The third-order valence-corrected chi connectivity index (χ3v) is 4.16. The molecular weight excluding hydrogens is 330 g/mol. The van der Waals surface area contributed by atoms with Gasteiger partial charge in [0.1, 0.15) is 6.26 Å². The summed E-state index contributed by atoms with van der Waals surface area (Å²) in [5, 5.41) is 15.8. The number of ether oxygens (including phenoxy) is 1. The van der Waals surface area contributed by atoms with Crippen LogP contribution < -0.4 is 5.32 Å². The Morgan fingerprint density at radius 2 is 2.12 bits per heavy atom. The number of nitrogens with one attached hydrogen (secondary N) is 1. The van der Waals surface area contributed by atoms with Gasteiger partial charge in [0.2, 0.25) is 17.6 Å². The number of carbonyl (C=O) groups is 2. The van der Waals surface area contributed by atoms with Gasteiger partial charge in [-0.05, 0) is 18.9 Å². The maximum absolute atomic E-state index is 12.3. The van der Waals surface area contributed by atoms with E-state index in [2.05, 4.69) is 15.5 Å². The van der Waals surface area contributed by atoms with E-state index in [0.717, 1.165) is 0 Å². The Morgan fingerprint density at radius 3 is 2.80 bits per heavy atom. The highest BCUT2D eigenvalue weighted by Crippen LogP contribution is 2.25. The number of furan rings is 1. The van der Waals surface area contributed by atoms with Crippen molar-refractivity contribution in [3.63, 3.8) is 0 Å². The second-order valence-corrected chi connectivity index (χ2v) is 6.04. The van der Waals surface area contributed by atoms with Crippen molar-refractivity contribution in [2.24, 2.45) is 0 Å². The lowest BCUT2D eigenvalue weighted by atomic mass is 9.86. The van der Waals surface area contributed by atoms with Crippen molar-refractivity contribution in [3.8, 4) is 11.4 Å². The number of carboxylic acid groups (broad SMARTS) is 1. The topological polar surface area (TPSA) is 128 Å². The van der Waals surface area contributed by atoms with Gasteiger partial charge in [0, 0.05) is 26.1 Å². The Balaban J connectivity index is 1.55. The fourth-order valence-electron chi connectivity index (χ4n) is 2.84. The lowest BCUT2D eigenvalue weighted by Gasteiger charge is -2.36. The molecule has 0 aromatic carbocycles. The second-order valence-electron chi connectivity index (χ2n) is 6.04. The molecule has 0 radical (unpaired) electrons. The molecule has 0 aliphatic carbocycles. The molecule has 2 N–H and O–H groups in total. The van der Waals surface area contributed by atoms with Crippen molar-refractivity contribution < 1.29 is 28.4 Å². The number of carboxylic acids is 1. The molecule has 2 aromatic rings. The van der Waals surface area contributed by atoms with Crippen molar-refractivity contribution in [2.45, 2.75) is 37.6 Å². The van der Waals surface area contributed by atoms with Crippen LogP contribution in [0.25, 0.3) is 11.4 Å². The van der Waals surface area contributed by atoms with Gasteiger partial charge in [0.25, 0.3) is 0 Å². The number of hydrogen-bond donors (Lipinski definition) is 2. The van der Waals surface area contributed by atoms with Crippen LogP contribution in [0, 0.1) is 0 Å². The maximum Gasteiger partial charge on any atom is 0.305 e. The monoisotopic (exact) mass is 349 g/mol. The first-order chi connectivity index (χ1) is 12.1. The molecule has 9 heteroatoms. The summed E-state index contributed by atoms with van der Waals surface area (Å²) in [6.45, 7) is 0.872. The Morgan fingerprint density at radius 1 is 1.32 bits per heavy atom. The predicted octanol–water partition coefficient (Wildman–Crippen LogP) is 1.40. The molecule has 9 nitrogen and oxygen atoms in total. The summed E-state index contributed by atoms with van der Waals surface area (Å²) in [6, 6.07) is 1.71. The molecule has 1 aliphatic heterocycles. The van der Waals surface area contributed by atoms with E-state index >= 15 is 0 Å². The van der Waals surface area contributed by atoms with Gasteiger partial charge in [-0.25, -0.2) is 0 Å². The molecule has 0 saturated carbocycles. The van der Waals surface area contributed by atoms with Gasteiger partial charge < -0.3 is 24.1 Å². The first kappa shape index (κ1) is 17.2. The fraction of sp³-hybridized carbons (Fsp3) is 0.500. The number of hydrogen-bond acceptors (Lipinski definition) is 7. The second kappa shape index (κ2) is 7.47. The lowest BCUT2D eigenvalue weighted by Crippen LogP contribution is -2.53. The van der Waals surface area contributed by atoms with Gasteiger partial charge >= 0.3 is 5.97 Å². The summed E-state index contributed by atoms with van der Waals surface area (Å²) in [5.41, 5.74) is -0.0557. The van der Waals surface area contributed by atoms with Crippen molar-refractivity contribution in [1.29, 1.82) is 0 Å². The van der Waals surface area contributed by atoms with Gasteiger partial charge in [0.15, 0.2) is 0 Å². The molecule has 0 spiro atoms. The number of aryl methyl sites for hydroxylation is 1. The average Bonchev–Trinajstić information content (AvgIpc) is 3.24. The van der Waals surface area contributed by atoms with Gasteiger partial charge in [-0.15, -0.1) is 0 Å². The highest BCUT2D eigenvalue weighted by molar-refractivity contribution is 5.78. The van der Waals surface area contributed by atoms with Crippen molar-refractivity contribution in [3.05, 3.63) is 24.5 Å². The third kappa shape index (κ3) is 4.44. The first-order valence-electron chi connectivity index (χ1n) is 8.02. The Hall–Kier alpha value is -2.68. The minimum absolute atomic E-state index is 0.118. The molecule has 3 rings (SSSR count). The number of amides is 1. The molecule has 0 bridgehead atoms. The summed E-state index contributed by atoms with van der Waals surface area (Å²) >= 11 is 0. The van der Waals surface area contributed by atoms with E-state index in [-0.39, 0.29) is 25.2 Å². The summed E-state index contributed by atoms with van der Waals surface area (Å²) in [7, 11) is 0. The van der Waals surface area contributed by atoms with Crippen LogP contribution in [0.5, 0.6) is 0 Å². The molecule has 25 heavy (non-hydrogen) atoms. The number of nitrogens with zero attached hydrogens (tertiary/aromatic N) is 2. The van der Waals surface area contributed by atoms with E-state index in [0.29, 0.717) is 43.3 Å². The third-order valence-electron chi connectivity index (χ3n) is 4.16. The van der Waals surface area contributed by atoms with Gasteiger partial charge in [-0.2, -0.15) is 4.98 Å². The van der Waals surface area contributed by atoms with Crippen molar-refractivity contribution in [2.75, 3.05) is 13.2 Å². The Labute approximate surface area is 143 Å². The van der Waals surface area contributed by atoms with Crippen LogP contribution >= 0.6 is 0 Å². The average molecular weight is 349 g/mol. The largest absolute Gasteiger partial charge is 0.481 e. The minimum atomic E-state index is -0.941. The van der Waals surface area contributed by atoms with Gasteiger partial charge in [0.05, 0.1) is 23.8 Å². The molecule has 2 aromatic heterocycles.